The Bertz CT molecular complexity index is 1730. The van der Waals surface area contributed by atoms with Crippen LogP contribution in [0.15, 0.2) is 82.2 Å². The van der Waals surface area contributed by atoms with Gasteiger partial charge in [-0.25, -0.2) is 4.79 Å². The number of benzene rings is 4. The molecule has 41 heavy (non-hydrogen) atoms. The molecule has 0 aliphatic rings. The van der Waals surface area contributed by atoms with Crippen LogP contribution in [-0.2, 0) is 17.0 Å². The third-order valence-corrected chi connectivity index (χ3v) is 9.21. The molecule has 1 aromatic heterocycles. The number of hydrogen-bond donors (Lipinski definition) is 0. The molecule has 4 aromatic carbocycles. The molecule has 5 aromatic rings. The second-order valence-corrected chi connectivity index (χ2v) is 11.5. The van der Waals surface area contributed by atoms with Crippen molar-refractivity contribution in [2.24, 2.45) is 0 Å². The number of aromatic nitrogens is 1. The van der Waals surface area contributed by atoms with Crippen LogP contribution in [-0.4, -0.2) is 37.6 Å². The Kier molecular flexibility index (Phi) is 9.22. The highest BCUT2D eigenvalue weighted by atomic mass is 79.9. The van der Waals surface area contributed by atoms with E-state index in [1.807, 2.05) is 24.3 Å². The summed E-state index contributed by atoms with van der Waals surface area (Å²) >= 11 is 11.5. The zero-order valence-electron chi connectivity index (χ0n) is 22.5. The number of thioether (sulfide) groups is 1. The Hall–Kier alpha value is -3.46. The first-order chi connectivity index (χ1) is 19.9. The van der Waals surface area contributed by atoms with Crippen molar-refractivity contribution in [1.82, 2.24) is 4.57 Å². The predicted octanol–water partition coefficient (Wildman–Crippen LogP) is 8.58. The van der Waals surface area contributed by atoms with Gasteiger partial charge in [-0.15, -0.1) is 11.8 Å². The standard InChI is InChI=1S/C32H27BrClNO5S/c1-38-22-10-8-20(9-11-22)19-41-23-16-21-6-3-4-7-24(21)28(17-23)40-15-5-14-35-27-13-12-26(34)30(33)29(27)25(18-36)31(35)32(37)39-2/h3-4,6-13,16-18H,5,14-15,19H2,1-2H3. The minimum atomic E-state index is -0.583. The van der Waals surface area contributed by atoms with E-state index in [0.29, 0.717) is 46.3 Å². The number of halogens is 2. The van der Waals surface area contributed by atoms with Gasteiger partial charge >= 0.3 is 5.97 Å². The van der Waals surface area contributed by atoms with Crippen LogP contribution >= 0.6 is 39.3 Å². The lowest BCUT2D eigenvalue weighted by Gasteiger charge is -2.14. The summed E-state index contributed by atoms with van der Waals surface area (Å²) in [7, 11) is 2.96. The molecule has 1 heterocycles. The molecule has 0 saturated carbocycles. The van der Waals surface area contributed by atoms with E-state index in [0.717, 1.165) is 32.9 Å². The highest BCUT2D eigenvalue weighted by molar-refractivity contribution is 9.10. The maximum atomic E-state index is 12.7. The SMILES string of the molecule is COC(=O)c1c(C=O)c2c(Br)c(Cl)ccc2n1CCCOc1cc(SCc2ccc(OC)cc2)cc2ccccc12. The minimum absolute atomic E-state index is 0.197. The highest BCUT2D eigenvalue weighted by Crippen LogP contribution is 2.37. The number of ether oxygens (including phenoxy) is 3. The molecular formula is C32H27BrClNO5S. The van der Waals surface area contributed by atoms with Crippen LogP contribution in [0.2, 0.25) is 5.02 Å². The minimum Gasteiger partial charge on any atom is -0.497 e. The second kappa shape index (κ2) is 13.0. The Morgan fingerprint density at radius 3 is 2.56 bits per heavy atom. The second-order valence-electron chi connectivity index (χ2n) is 9.26. The van der Waals surface area contributed by atoms with Crippen molar-refractivity contribution in [2.45, 2.75) is 23.6 Å². The summed E-state index contributed by atoms with van der Waals surface area (Å²) in [6.45, 7) is 0.842. The van der Waals surface area contributed by atoms with Crippen LogP contribution in [0.4, 0.5) is 0 Å². The van der Waals surface area contributed by atoms with Gasteiger partial charge in [0.25, 0.3) is 0 Å². The fraction of sp³-hybridized carbons (Fsp3) is 0.188. The van der Waals surface area contributed by atoms with E-state index >= 15 is 0 Å². The Labute approximate surface area is 255 Å². The summed E-state index contributed by atoms with van der Waals surface area (Å²) in [4.78, 5) is 25.9. The fourth-order valence-corrected chi connectivity index (χ4v) is 6.45. The Morgan fingerprint density at radius 1 is 1.05 bits per heavy atom. The molecule has 0 bridgehead atoms. The molecule has 0 aliphatic heterocycles. The molecule has 0 fully saturated rings. The van der Waals surface area contributed by atoms with Gasteiger partial charge in [0.1, 0.15) is 17.2 Å². The molecule has 0 atom stereocenters. The number of fused-ring (bicyclic) bond motifs is 2. The van der Waals surface area contributed by atoms with Crippen LogP contribution in [0.1, 0.15) is 32.8 Å². The molecule has 0 N–H and O–H groups in total. The van der Waals surface area contributed by atoms with E-state index in [1.165, 1.54) is 12.7 Å². The first-order valence-corrected chi connectivity index (χ1v) is 15.1. The van der Waals surface area contributed by atoms with Gasteiger partial charge in [-0.2, -0.15) is 0 Å². The van der Waals surface area contributed by atoms with Gasteiger partial charge in [-0.1, -0.05) is 48.0 Å². The predicted molar refractivity (Wildman–Crippen MR) is 168 cm³/mol. The molecule has 0 unspecified atom stereocenters. The molecule has 210 valence electrons. The maximum absolute atomic E-state index is 12.7. The molecule has 5 rings (SSSR count). The van der Waals surface area contributed by atoms with Crippen LogP contribution in [0.25, 0.3) is 21.7 Å². The fourth-order valence-electron chi connectivity index (χ4n) is 4.81. The van der Waals surface area contributed by atoms with E-state index < -0.39 is 5.97 Å². The summed E-state index contributed by atoms with van der Waals surface area (Å²) in [6, 6.07) is 24.0. The average molecular weight is 653 g/mol. The first kappa shape index (κ1) is 29.0. The normalized spacial score (nSPS) is 11.1. The van der Waals surface area contributed by atoms with Crippen LogP contribution in [0, 0.1) is 0 Å². The van der Waals surface area contributed by atoms with Gasteiger partial charge in [0.05, 0.1) is 36.9 Å². The number of aldehydes is 1. The molecule has 0 aliphatic carbocycles. The van der Waals surface area contributed by atoms with Crippen LogP contribution < -0.4 is 9.47 Å². The van der Waals surface area contributed by atoms with Crippen molar-refractivity contribution in [3.05, 3.63) is 99.1 Å². The van der Waals surface area contributed by atoms with Crippen molar-refractivity contribution in [1.29, 1.82) is 0 Å². The third kappa shape index (κ3) is 6.10. The molecule has 0 radical (unpaired) electrons. The van der Waals surface area contributed by atoms with Crippen molar-refractivity contribution in [2.75, 3.05) is 20.8 Å². The zero-order chi connectivity index (χ0) is 28.9. The van der Waals surface area contributed by atoms with Crippen molar-refractivity contribution < 1.29 is 23.8 Å². The van der Waals surface area contributed by atoms with Crippen molar-refractivity contribution in [3.63, 3.8) is 0 Å². The summed E-state index contributed by atoms with van der Waals surface area (Å²) in [5.74, 6) is 1.87. The molecule has 9 heteroatoms. The first-order valence-electron chi connectivity index (χ1n) is 12.9. The Morgan fingerprint density at radius 2 is 1.83 bits per heavy atom. The number of hydrogen-bond acceptors (Lipinski definition) is 6. The smallest absolute Gasteiger partial charge is 0.355 e. The maximum Gasteiger partial charge on any atom is 0.355 e. The summed E-state index contributed by atoms with van der Waals surface area (Å²) in [5, 5.41) is 3.17. The van der Waals surface area contributed by atoms with E-state index in [4.69, 9.17) is 25.8 Å². The number of aryl methyl sites for hydroxylation is 1. The van der Waals surface area contributed by atoms with Gasteiger partial charge in [0, 0.05) is 32.4 Å². The quantitative estimate of drug-likeness (QED) is 0.0616. The van der Waals surface area contributed by atoms with Gasteiger partial charge in [0.15, 0.2) is 6.29 Å². The van der Waals surface area contributed by atoms with E-state index in [9.17, 15) is 9.59 Å². The third-order valence-electron chi connectivity index (χ3n) is 6.80. The highest BCUT2D eigenvalue weighted by Gasteiger charge is 2.25. The van der Waals surface area contributed by atoms with Gasteiger partial charge in [-0.05, 0) is 69.7 Å². The lowest BCUT2D eigenvalue weighted by molar-refractivity contribution is 0.0586. The van der Waals surface area contributed by atoms with Crippen LogP contribution in [0.3, 0.4) is 0 Å². The van der Waals surface area contributed by atoms with E-state index in [-0.39, 0.29) is 11.3 Å². The summed E-state index contributed by atoms with van der Waals surface area (Å²) < 4.78 is 19.0. The molecular weight excluding hydrogens is 626 g/mol. The molecule has 0 saturated heterocycles. The van der Waals surface area contributed by atoms with Gasteiger partial charge in [-0.3, -0.25) is 4.79 Å². The largest absolute Gasteiger partial charge is 0.497 e. The van der Waals surface area contributed by atoms with Gasteiger partial charge < -0.3 is 18.8 Å². The number of nitrogens with zero attached hydrogens (tertiary/aromatic N) is 1. The summed E-state index contributed by atoms with van der Waals surface area (Å²) in [5.41, 5.74) is 2.36. The van der Waals surface area contributed by atoms with E-state index in [2.05, 4.69) is 52.3 Å². The monoisotopic (exact) mass is 651 g/mol. The average Bonchev–Trinajstić information content (AvgIpc) is 3.33. The lowest BCUT2D eigenvalue weighted by atomic mass is 10.1. The number of esters is 1. The lowest BCUT2D eigenvalue weighted by Crippen LogP contribution is -2.14. The zero-order valence-corrected chi connectivity index (χ0v) is 25.6. The van der Waals surface area contributed by atoms with Crippen molar-refractivity contribution in [3.8, 4) is 11.5 Å². The van der Waals surface area contributed by atoms with Crippen molar-refractivity contribution >= 4 is 73.2 Å². The molecule has 0 spiro atoms. The number of rotatable bonds is 11. The molecule has 6 nitrogen and oxygen atoms in total. The summed E-state index contributed by atoms with van der Waals surface area (Å²) in [6.07, 6.45) is 1.26. The number of carbonyl (C=O) groups excluding carboxylic acids is 2. The topological polar surface area (TPSA) is 66.8 Å². The van der Waals surface area contributed by atoms with Gasteiger partial charge in [0.2, 0.25) is 0 Å². The molecule has 0 amide bonds. The number of carbonyl (C=O) groups is 2. The Balaban J connectivity index is 1.35. The van der Waals surface area contributed by atoms with E-state index in [1.54, 1.807) is 35.6 Å². The number of methoxy groups -OCH3 is 2. The van der Waals surface area contributed by atoms with Crippen LogP contribution in [0.5, 0.6) is 11.5 Å².